The molecule has 0 spiro atoms. The molecule has 0 aliphatic carbocycles. The first kappa shape index (κ1) is 16.3. The molecule has 3 aromatic rings. The van der Waals surface area contributed by atoms with Crippen LogP contribution in [0.2, 0.25) is 0 Å². The summed E-state index contributed by atoms with van der Waals surface area (Å²) in [6, 6.07) is 6.11. The molecule has 0 bridgehead atoms. The topological polar surface area (TPSA) is 42.0 Å². The van der Waals surface area contributed by atoms with Crippen LogP contribution in [0.15, 0.2) is 36.4 Å². The maximum atomic E-state index is 13.1. The fourth-order valence-electron chi connectivity index (χ4n) is 2.04. The Kier molecular flexibility index (Phi) is 3.96. The number of rotatable bonds is 2. The number of nitrogens with zero attached hydrogens (tertiary/aromatic N) is 1. The van der Waals surface area contributed by atoms with E-state index < -0.39 is 29.3 Å². The van der Waals surface area contributed by atoms with Crippen molar-refractivity contribution in [1.82, 2.24) is 4.98 Å². The number of aromatic nitrogens is 1. The van der Waals surface area contributed by atoms with Gasteiger partial charge in [-0.05, 0) is 30.3 Å². The first-order valence-corrected chi connectivity index (χ1v) is 7.30. The van der Waals surface area contributed by atoms with Gasteiger partial charge < -0.3 is 0 Å². The normalized spacial score (nSPS) is 11.7. The summed E-state index contributed by atoms with van der Waals surface area (Å²) < 4.78 is 65.0. The number of carbonyl (C=O) groups is 1. The average molecular weight is 358 g/mol. The van der Waals surface area contributed by atoms with E-state index in [1.54, 1.807) is 0 Å². The molecule has 0 fully saturated rings. The molecule has 1 amide bonds. The second-order valence-electron chi connectivity index (χ2n) is 4.75. The van der Waals surface area contributed by atoms with Gasteiger partial charge in [0.15, 0.2) is 16.8 Å². The van der Waals surface area contributed by atoms with Crippen LogP contribution in [0.1, 0.15) is 15.9 Å². The van der Waals surface area contributed by atoms with E-state index >= 15 is 0 Å². The Balaban J connectivity index is 1.93. The van der Waals surface area contributed by atoms with Crippen molar-refractivity contribution >= 4 is 32.6 Å². The van der Waals surface area contributed by atoms with Crippen LogP contribution in [-0.4, -0.2) is 10.9 Å². The van der Waals surface area contributed by atoms with E-state index in [9.17, 15) is 26.7 Å². The van der Waals surface area contributed by atoms with Crippen LogP contribution in [0, 0.1) is 11.6 Å². The largest absolute Gasteiger partial charge is 0.418 e. The van der Waals surface area contributed by atoms with Crippen LogP contribution < -0.4 is 5.32 Å². The number of fused-ring (bicyclic) bond motifs is 1. The Morgan fingerprint density at radius 1 is 1.08 bits per heavy atom. The highest BCUT2D eigenvalue weighted by atomic mass is 32.1. The molecule has 1 aromatic heterocycles. The Morgan fingerprint density at radius 3 is 2.50 bits per heavy atom. The third-order valence-electron chi connectivity index (χ3n) is 3.13. The average Bonchev–Trinajstić information content (AvgIpc) is 2.90. The minimum Gasteiger partial charge on any atom is -0.298 e. The molecule has 0 radical (unpaired) electrons. The summed E-state index contributed by atoms with van der Waals surface area (Å²) in [5.41, 5.74) is -1.37. The van der Waals surface area contributed by atoms with Gasteiger partial charge >= 0.3 is 6.18 Å². The monoisotopic (exact) mass is 358 g/mol. The highest BCUT2D eigenvalue weighted by Crippen LogP contribution is 2.37. The lowest BCUT2D eigenvalue weighted by molar-refractivity contribution is -0.136. The van der Waals surface area contributed by atoms with Gasteiger partial charge in [0.25, 0.3) is 5.91 Å². The number of thiazole rings is 1. The number of hydrogen-bond acceptors (Lipinski definition) is 3. The second kappa shape index (κ2) is 5.82. The molecule has 3 rings (SSSR count). The fourth-order valence-corrected chi connectivity index (χ4v) is 2.93. The summed E-state index contributed by atoms with van der Waals surface area (Å²) in [6.07, 6.45) is -4.57. The SMILES string of the molecule is O=C(Nc1nc2c(C(F)(F)F)cccc2s1)c1ccc(F)c(F)c1. The zero-order valence-electron chi connectivity index (χ0n) is 11.6. The predicted octanol–water partition coefficient (Wildman–Crippen LogP) is 4.85. The van der Waals surface area contributed by atoms with Gasteiger partial charge in [0.2, 0.25) is 0 Å². The van der Waals surface area contributed by atoms with E-state index in [1.165, 1.54) is 12.1 Å². The Morgan fingerprint density at radius 2 is 1.83 bits per heavy atom. The van der Waals surface area contributed by atoms with E-state index in [0.29, 0.717) is 6.07 Å². The van der Waals surface area contributed by atoms with Crippen molar-refractivity contribution in [2.24, 2.45) is 0 Å². The molecule has 0 saturated heterocycles. The molecular formula is C15H7F5N2OS. The van der Waals surface area contributed by atoms with E-state index in [0.717, 1.165) is 29.5 Å². The number of hydrogen-bond donors (Lipinski definition) is 1. The van der Waals surface area contributed by atoms with Crippen molar-refractivity contribution in [3.63, 3.8) is 0 Å². The number of nitrogens with one attached hydrogen (secondary N) is 1. The highest BCUT2D eigenvalue weighted by Gasteiger charge is 2.33. The first-order valence-electron chi connectivity index (χ1n) is 6.49. The minimum atomic E-state index is -4.57. The molecule has 24 heavy (non-hydrogen) atoms. The number of carbonyl (C=O) groups excluding carboxylic acids is 1. The van der Waals surface area contributed by atoms with Crippen LogP contribution in [0.3, 0.4) is 0 Å². The first-order chi connectivity index (χ1) is 11.3. The Labute approximate surface area is 135 Å². The Bertz CT molecular complexity index is 935. The smallest absolute Gasteiger partial charge is 0.298 e. The molecule has 0 saturated carbocycles. The van der Waals surface area contributed by atoms with Crippen LogP contribution in [-0.2, 0) is 6.18 Å². The van der Waals surface area contributed by atoms with Gasteiger partial charge in [-0.25, -0.2) is 13.8 Å². The van der Waals surface area contributed by atoms with Crippen molar-refractivity contribution < 1.29 is 26.7 Å². The second-order valence-corrected chi connectivity index (χ2v) is 5.78. The van der Waals surface area contributed by atoms with Crippen LogP contribution in [0.4, 0.5) is 27.1 Å². The summed E-state index contributed by atoms with van der Waals surface area (Å²) in [4.78, 5) is 15.8. The van der Waals surface area contributed by atoms with Crippen molar-refractivity contribution in [3.05, 3.63) is 59.2 Å². The number of para-hydroxylation sites is 1. The van der Waals surface area contributed by atoms with Gasteiger partial charge in [-0.1, -0.05) is 17.4 Å². The molecule has 3 nitrogen and oxygen atoms in total. The van der Waals surface area contributed by atoms with Crippen molar-refractivity contribution in [1.29, 1.82) is 0 Å². The van der Waals surface area contributed by atoms with Crippen molar-refractivity contribution in [2.45, 2.75) is 6.18 Å². The maximum Gasteiger partial charge on any atom is 0.418 e. The summed E-state index contributed by atoms with van der Waals surface area (Å²) in [6.45, 7) is 0. The van der Waals surface area contributed by atoms with Gasteiger partial charge in [0.05, 0.1) is 15.8 Å². The lowest BCUT2D eigenvalue weighted by atomic mass is 10.2. The predicted molar refractivity (Wildman–Crippen MR) is 78.9 cm³/mol. The van der Waals surface area contributed by atoms with E-state index in [4.69, 9.17) is 0 Å². The van der Waals surface area contributed by atoms with Crippen LogP contribution >= 0.6 is 11.3 Å². The molecule has 2 aromatic carbocycles. The number of halogens is 5. The molecule has 0 aliphatic heterocycles. The standard InChI is InChI=1S/C15H7F5N2OS/c16-9-5-4-7(6-10(9)17)13(23)22-14-21-12-8(15(18,19)20)2-1-3-11(12)24-14/h1-6H,(H,21,22,23). The molecule has 1 heterocycles. The van der Waals surface area contributed by atoms with Gasteiger partial charge in [0, 0.05) is 5.56 Å². The molecule has 124 valence electrons. The van der Waals surface area contributed by atoms with Gasteiger partial charge in [0.1, 0.15) is 0 Å². The summed E-state index contributed by atoms with van der Waals surface area (Å²) in [5, 5.41) is 2.21. The summed E-state index contributed by atoms with van der Waals surface area (Å²) in [5.74, 6) is -3.12. The highest BCUT2D eigenvalue weighted by molar-refractivity contribution is 7.22. The van der Waals surface area contributed by atoms with Crippen molar-refractivity contribution in [3.8, 4) is 0 Å². The lowest BCUT2D eigenvalue weighted by Crippen LogP contribution is -2.12. The molecule has 1 N–H and O–H groups in total. The molecule has 0 aliphatic rings. The molecule has 0 unspecified atom stereocenters. The van der Waals surface area contributed by atoms with Gasteiger partial charge in [-0.3, -0.25) is 10.1 Å². The number of anilines is 1. The maximum absolute atomic E-state index is 13.1. The van der Waals surface area contributed by atoms with E-state index in [-0.39, 0.29) is 20.9 Å². The molecule has 9 heteroatoms. The zero-order chi connectivity index (χ0) is 17.5. The van der Waals surface area contributed by atoms with Crippen LogP contribution in [0.25, 0.3) is 10.2 Å². The van der Waals surface area contributed by atoms with E-state index in [2.05, 4.69) is 10.3 Å². The minimum absolute atomic E-state index is 0.0727. The summed E-state index contributed by atoms with van der Waals surface area (Å²) in [7, 11) is 0. The number of alkyl halides is 3. The van der Waals surface area contributed by atoms with E-state index in [1.807, 2.05) is 0 Å². The van der Waals surface area contributed by atoms with Gasteiger partial charge in [-0.2, -0.15) is 13.2 Å². The third kappa shape index (κ3) is 3.07. The van der Waals surface area contributed by atoms with Crippen LogP contribution in [0.5, 0.6) is 0 Å². The zero-order valence-corrected chi connectivity index (χ0v) is 12.4. The third-order valence-corrected chi connectivity index (χ3v) is 4.06. The number of amides is 1. The number of benzene rings is 2. The van der Waals surface area contributed by atoms with Crippen molar-refractivity contribution in [2.75, 3.05) is 5.32 Å². The summed E-state index contributed by atoms with van der Waals surface area (Å²) >= 11 is 0.847. The quantitative estimate of drug-likeness (QED) is 0.666. The lowest BCUT2D eigenvalue weighted by Gasteiger charge is -2.06. The molecule has 0 atom stereocenters. The van der Waals surface area contributed by atoms with Gasteiger partial charge in [-0.15, -0.1) is 0 Å². The fraction of sp³-hybridized carbons (Fsp3) is 0.0667. The molecular weight excluding hydrogens is 351 g/mol. The Hall–Kier alpha value is -2.55.